The predicted molar refractivity (Wildman–Crippen MR) is 131 cm³/mol. The molecule has 1 unspecified atom stereocenters. The van der Waals surface area contributed by atoms with E-state index in [9.17, 15) is 4.79 Å². The van der Waals surface area contributed by atoms with Crippen LogP contribution in [0.25, 0.3) is 0 Å². The quantitative estimate of drug-likeness (QED) is 0.117. The van der Waals surface area contributed by atoms with Crippen LogP contribution in [0.2, 0.25) is 0 Å². The molecular formula is C28H38O4. The molecule has 0 fully saturated rings. The van der Waals surface area contributed by atoms with Gasteiger partial charge in [0.1, 0.15) is 17.2 Å². The number of carbonyl (C=O) groups excluding carboxylic acids is 1. The van der Waals surface area contributed by atoms with Crippen molar-refractivity contribution in [3.05, 3.63) is 66.7 Å². The zero-order valence-corrected chi connectivity index (χ0v) is 19.7. The summed E-state index contributed by atoms with van der Waals surface area (Å²) < 4.78 is 17.0. The van der Waals surface area contributed by atoms with Crippen molar-refractivity contribution in [3.63, 3.8) is 0 Å². The molecule has 0 aromatic heterocycles. The average molecular weight is 439 g/mol. The smallest absolute Gasteiger partial charge is 0.343 e. The first-order valence-electron chi connectivity index (χ1n) is 11.9. The molecule has 0 heterocycles. The standard InChI is InChI=1S/C28H38O4/c1-4-6-7-8-9-10-11-12-21-30-25-15-13-24(14-16-25)28(29)32-27-19-17-26(18-20-27)31-22-23(3)5-2/h4,13-20,23H,1,5-12,21-22H2,2-3H3. The van der Waals surface area contributed by atoms with Crippen molar-refractivity contribution in [1.29, 1.82) is 0 Å². The summed E-state index contributed by atoms with van der Waals surface area (Å²) >= 11 is 0. The molecule has 0 aliphatic heterocycles. The van der Waals surface area contributed by atoms with Gasteiger partial charge in [-0.3, -0.25) is 0 Å². The van der Waals surface area contributed by atoms with Crippen LogP contribution in [-0.4, -0.2) is 19.2 Å². The molecule has 1 atom stereocenters. The summed E-state index contributed by atoms with van der Waals surface area (Å²) in [5.74, 6) is 2.17. The van der Waals surface area contributed by atoms with E-state index in [4.69, 9.17) is 14.2 Å². The molecule has 0 amide bonds. The second-order valence-electron chi connectivity index (χ2n) is 8.26. The number of allylic oxidation sites excluding steroid dienone is 1. The number of ether oxygens (including phenoxy) is 3. The summed E-state index contributed by atoms with van der Waals surface area (Å²) in [6, 6.07) is 14.3. The van der Waals surface area contributed by atoms with Gasteiger partial charge in [0.25, 0.3) is 0 Å². The van der Waals surface area contributed by atoms with Crippen LogP contribution in [0.15, 0.2) is 61.2 Å². The maximum absolute atomic E-state index is 12.4. The fourth-order valence-electron chi connectivity index (χ4n) is 3.10. The van der Waals surface area contributed by atoms with Crippen LogP contribution < -0.4 is 14.2 Å². The molecule has 0 bridgehead atoms. The summed E-state index contributed by atoms with van der Waals surface area (Å²) in [6.07, 6.45) is 11.5. The molecular weight excluding hydrogens is 400 g/mol. The third-order valence-electron chi connectivity index (χ3n) is 5.43. The molecule has 32 heavy (non-hydrogen) atoms. The molecule has 2 rings (SSSR count). The first-order valence-corrected chi connectivity index (χ1v) is 11.9. The summed E-state index contributed by atoms with van der Waals surface area (Å²) in [7, 11) is 0. The van der Waals surface area contributed by atoms with E-state index >= 15 is 0 Å². The number of hydrogen-bond acceptors (Lipinski definition) is 4. The molecule has 0 spiro atoms. The first kappa shape index (κ1) is 25.5. The molecule has 0 aliphatic carbocycles. The van der Waals surface area contributed by atoms with E-state index in [2.05, 4.69) is 20.4 Å². The highest BCUT2D eigenvalue weighted by molar-refractivity contribution is 5.91. The van der Waals surface area contributed by atoms with Gasteiger partial charge in [0, 0.05) is 0 Å². The Morgan fingerprint density at radius 3 is 2.06 bits per heavy atom. The molecule has 0 aliphatic rings. The topological polar surface area (TPSA) is 44.8 Å². The van der Waals surface area contributed by atoms with Gasteiger partial charge in [0.2, 0.25) is 0 Å². The van der Waals surface area contributed by atoms with E-state index in [0.29, 0.717) is 30.4 Å². The van der Waals surface area contributed by atoms with Gasteiger partial charge in [-0.2, -0.15) is 0 Å². The normalized spacial score (nSPS) is 11.6. The SMILES string of the molecule is C=CCCCCCCCCOc1ccc(C(=O)Oc2ccc(OCC(C)CC)cc2)cc1. The second-order valence-corrected chi connectivity index (χ2v) is 8.26. The maximum Gasteiger partial charge on any atom is 0.343 e. The molecule has 0 N–H and O–H groups in total. The van der Waals surface area contributed by atoms with E-state index in [1.807, 2.05) is 30.3 Å². The Labute approximate surface area is 193 Å². The molecule has 4 nitrogen and oxygen atoms in total. The number of carbonyl (C=O) groups is 1. The Kier molecular flexibility index (Phi) is 12.1. The van der Waals surface area contributed by atoms with Crippen molar-refractivity contribution in [2.75, 3.05) is 13.2 Å². The lowest BCUT2D eigenvalue weighted by atomic mass is 10.1. The van der Waals surface area contributed by atoms with Crippen molar-refractivity contribution < 1.29 is 19.0 Å². The highest BCUT2D eigenvalue weighted by Gasteiger charge is 2.09. The number of rotatable bonds is 16. The lowest BCUT2D eigenvalue weighted by molar-refractivity contribution is 0.0734. The van der Waals surface area contributed by atoms with Crippen LogP contribution in [0.5, 0.6) is 17.2 Å². The lowest BCUT2D eigenvalue weighted by Gasteiger charge is -2.11. The van der Waals surface area contributed by atoms with E-state index < -0.39 is 0 Å². The zero-order chi connectivity index (χ0) is 23.0. The predicted octanol–water partition coefficient (Wildman–Crippen LogP) is 7.63. The van der Waals surface area contributed by atoms with Crippen molar-refractivity contribution in [2.45, 2.75) is 65.2 Å². The van der Waals surface area contributed by atoms with Crippen molar-refractivity contribution >= 4 is 5.97 Å². The van der Waals surface area contributed by atoms with E-state index in [1.54, 1.807) is 24.3 Å². The summed E-state index contributed by atoms with van der Waals surface area (Å²) in [4.78, 5) is 12.4. The van der Waals surface area contributed by atoms with Gasteiger partial charge >= 0.3 is 5.97 Å². The van der Waals surface area contributed by atoms with E-state index in [1.165, 1.54) is 32.1 Å². The number of unbranched alkanes of at least 4 members (excludes halogenated alkanes) is 6. The Morgan fingerprint density at radius 1 is 0.844 bits per heavy atom. The van der Waals surface area contributed by atoms with Gasteiger partial charge in [-0.05, 0) is 73.7 Å². The molecule has 0 saturated heterocycles. The Balaban J connectivity index is 1.67. The largest absolute Gasteiger partial charge is 0.494 e. The summed E-state index contributed by atoms with van der Waals surface area (Å²) in [6.45, 7) is 9.42. The first-order chi connectivity index (χ1) is 15.6. The fraction of sp³-hybridized carbons (Fsp3) is 0.464. The minimum atomic E-state index is -0.388. The second kappa shape index (κ2) is 15.1. The maximum atomic E-state index is 12.4. The zero-order valence-electron chi connectivity index (χ0n) is 19.7. The third-order valence-corrected chi connectivity index (χ3v) is 5.43. The van der Waals surface area contributed by atoms with Gasteiger partial charge in [-0.15, -0.1) is 6.58 Å². The van der Waals surface area contributed by atoms with E-state index in [-0.39, 0.29) is 5.97 Å². The van der Waals surface area contributed by atoms with Crippen molar-refractivity contribution in [3.8, 4) is 17.2 Å². The van der Waals surface area contributed by atoms with Gasteiger partial charge < -0.3 is 14.2 Å². The molecule has 2 aromatic carbocycles. The van der Waals surface area contributed by atoms with E-state index in [0.717, 1.165) is 30.8 Å². The van der Waals surface area contributed by atoms with Gasteiger partial charge in [-0.25, -0.2) is 4.79 Å². The Hall–Kier alpha value is -2.75. The lowest BCUT2D eigenvalue weighted by Crippen LogP contribution is -2.09. The highest BCUT2D eigenvalue weighted by Crippen LogP contribution is 2.20. The Bertz CT molecular complexity index is 780. The summed E-state index contributed by atoms with van der Waals surface area (Å²) in [5.41, 5.74) is 0.494. The van der Waals surface area contributed by atoms with Crippen LogP contribution in [-0.2, 0) is 0 Å². The van der Waals surface area contributed by atoms with Gasteiger partial charge in [0.05, 0.1) is 18.8 Å². The minimum Gasteiger partial charge on any atom is -0.494 e. The minimum absolute atomic E-state index is 0.388. The van der Waals surface area contributed by atoms with Gasteiger partial charge in [-0.1, -0.05) is 52.0 Å². The molecule has 4 heteroatoms. The summed E-state index contributed by atoms with van der Waals surface area (Å²) in [5, 5.41) is 0. The van der Waals surface area contributed by atoms with Crippen molar-refractivity contribution in [2.24, 2.45) is 5.92 Å². The van der Waals surface area contributed by atoms with Crippen LogP contribution in [0.1, 0.15) is 75.6 Å². The average Bonchev–Trinajstić information content (AvgIpc) is 2.82. The van der Waals surface area contributed by atoms with Crippen molar-refractivity contribution in [1.82, 2.24) is 0 Å². The Morgan fingerprint density at radius 2 is 1.41 bits per heavy atom. The monoisotopic (exact) mass is 438 g/mol. The van der Waals surface area contributed by atoms with Crippen LogP contribution in [0, 0.1) is 5.92 Å². The number of esters is 1. The van der Waals surface area contributed by atoms with Crippen LogP contribution in [0.3, 0.4) is 0 Å². The molecule has 2 aromatic rings. The third kappa shape index (κ3) is 10.0. The van der Waals surface area contributed by atoms with Gasteiger partial charge in [0.15, 0.2) is 0 Å². The van der Waals surface area contributed by atoms with Crippen LogP contribution in [0.4, 0.5) is 0 Å². The highest BCUT2D eigenvalue weighted by atomic mass is 16.5. The molecule has 174 valence electrons. The number of hydrogen-bond donors (Lipinski definition) is 0. The molecule has 0 saturated carbocycles. The fourth-order valence-corrected chi connectivity index (χ4v) is 3.10. The number of benzene rings is 2. The van der Waals surface area contributed by atoms with Crippen LogP contribution >= 0.6 is 0 Å². The molecule has 0 radical (unpaired) electrons.